The van der Waals surface area contributed by atoms with Crippen molar-refractivity contribution in [3.05, 3.63) is 71.8 Å². The molecule has 0 aliphatic carbocycles. The third-order valence-electron chi connectivity index (χ3n) is 4.25. The second-order valence-corrected chi connectivity index (χ2v) is 7.58. The number of thioether (sulfide) groups is 1. The maximum Gasteiger partial charge on any atom is 0.289 e. The first kappa shape index (κ1) is 19.9. The Hall–Kier alpha value is -3.81. The lowest BCUT2D eigenvalue weighted by Crippen LogP contribution is -2.25. The molecule has 0 radical (unpaired) electrons. The van der Waals surface area contributed by atoms with Gasteiger partial charge in [0.2, 0.25) is 5.91 Å². The molecule has 3 aromatic rings. The van der Waals surface area contributed by atoms with Crippen molar-refractivity contribution < 1.29 is 9.78 Å². The number of aromatic nitrogens is 1. The predicted octanol–water partition coefficient (Wildman–Crippen LogP) is 3.61. The van der Waals surface area contributed by atoms with Gasteiger partial charge < -0.3 is 5.32 Å². The van der Waals surface area contributed by atoms with Crippen LogP contribution in [0.25, 0.3) is 11.1 Å². The predicted molar refractivity (Wildman–Crippen MR) is 113 cm³/mol. The van der Waals surface area contributed by atoms with Gasteiger partial charge in [-0.15, -0.1) is 0 Å². The summed E-state index contributed by atoms with van der Waals surface area (Å²) >= 11 is 1.18. The van der Waals surface area contributed by atoms with Crippen LogP contribution in [0.3, 0.4) is 0 Å². The molecular formula is C22H18N5OS+. The van der Waals surface area contributed by atoms with E-state index in [4.69, 9.17) is 11.0 Å². The number of nitrogens with zero attached hydrogens (tertiary/aromatic N) is 2. The number of nitriles is 2. The molecule has 0 bridgehead atoms. The molecule has 2 aromatic carbocycles. The summed E-state index contributed by atoms with van der Waals surface area (Å²) < 4.78 is 0. The van der Waals surface area contributed by atoms with Gasteiger partial charge in [0, 0.05) is 11.3 Å². The van der Waals surface area contributed by atoms with E-state index in [0.29, 0.717) is 10.7 Å². The van der Waals surface area contributed by atoms with Gasteiger partial charge in [0.1, 0.15) is 23.3 Å². The normalized spacial score (nSPS) is 11.1. The number of rotatable bonds is 5. The van der Waals surface area contributed by atoms with E-state index in [0.717, 1.165) is 11.1 Å². The Morgan fingerprint density at radius 2 is 1.72 bits per heavy atom. The summed E-state index contributed by atoms with van der Waals surface area (Å²) in [7, 11) is 0. The van der Waals surface area contributed by atoms with Gasteiger partial charge in [-0.3, -0.25) is 10.5 Å². The molecule has 0 aliphatic heterocycles. The highest BCUT2D eigenvalue weighted by atomic mass is 32.2. The van der Waals surface area contributed by atoms with E-state index in [1.165, 1.54) is 17.8 Å². The maximum absolute atomic E-state index is 12.8. The molecule has 0 saturated heterocycles. The highest BCUT2D eigenvalue weighted by molar-refractivity contribution is 8.00. The summed E-state index contributed by atoms with van der Waals surface area (Å²) in [5.41, 5.74) is 8.91. The third-order valence-corrected chi connectivity index (χ3v) is 5.37. The number of benzene rings is 2. The zero-order valence-corrected chi connectivity index (χ0v) is 16.5. The summed E-state index contributed by atoms with van der Waals surface area (Å²) in [6.07, 6.45) is 0. The SMILES string of the molecule is C[C@@H](Sc1[nH+]c(N)c(C#N)cc1C#N)C(=O)Nc1ccccc1-c1ccccc1. The molecule has 0 saturated carbocycles. The second kappa shape index (κ2) is 8.92. The number of hydrogen-bond donors (Lipinski definition) is 2. The van der Waals surface area contributed by atoms with Crippen LogP contribution in [-0.4, -0.2) is 11.2 Å². The lowest BCUT2D eigenvalue weighted by atomic mass is 10.0. The Balaban J connectivity index is 1.81. The number of amides is 1. The van der Waals surface area contributed by atoms with E-state index in [-0.39, 0.29) is 22.9 Å². The molecule has 3 rings (SSSR count). The van der Waals surface area contributed by atoms with E-state index in [9.17, 15) is 10.1 Å². The summed E-state index contributed by atoms with van der Waals surface area (Å²) in [6.45, 7) is 1.74. The van der Waals surface area contributed by atoms with Crippen LogP contribution in [0.2, 0.25) is 0 Å². The molecule has 0 spiro atoms. The lowest BCUT2D eigenvalue weighted by Gasteiger charge is -2.14. The molecule has 1 amide bonds. The summed E-state index contributed by atoms with van der Waals surface area (Å²) in [5.74, 6) is -0.0466. The van der Waals surface area contributed by atoms with Crippen molar-refractivity contribution in [1.29, 1.82) is 10.5 Å². The van der Waals surface area contributed by atoms with E-state index in [2.05, 4.69) is 10.3 Å². The van der Waals surface area contributed by atoms with Crippen molar-refractivity contribution in [2.75, 3.05) is 11.1 Å². The molecule has 7 heteroatoms. The molecule has 1 aromatic heterocycles. The van der Waals surface area contributed by atoms with E-state index in [1.807, 2.05) is 66.7 Å². The van der Waals surface area contributed by atoms with E-state index in [1.54, 1.807) is 6.92 Å². The quantitative estimate of drug-likeness (QED) is 0.635. The van der Waals surface area contributed by atoms with Crippen molar-refractivity contribution in [2.45, 2.75) is 17.2 Å². The smallest absolute Gasteiger partial charge is 0.289 e. The zero-order chi connectivity index (χ0) is 20.8. The topological polar surface area (TPSA) is 117 Å². The number of nitrogens with two attached hydrogens (primary N) is 1. The van der Waals surface area contributed by atoms with Crippen molar-refractivity contribution in [3.63, 3.8) is 0 Å². The summed E-state index contributed by atoms with van der Waals surface area (Å²) in [5, 5.41) is 21.3. The molecule has 0 fully saturated rings. The number of pyridine rings is 1. The fourth-order valence-corrected chi connectivity index (χ4v) is 3.66. The van der Waals surface area contributed by atoms with Crippen molar-refractivity contribution in [3.8, 4) is 23.3 Å². The van der Waals surface area contributed by atoms with Gasteiger partial charge in [-0.2, -0.15) is 10.5 Å². The average molecular weight is 400 g/mol. The van der Waals surface area contributed by atoms with E-state index >= 15 is 0 Å². The molecule has 29 heavy (non-hydrogen) atoms. The molecule has 1 atom stereocenters. The molecule has 1 heterocycles. The van der Waals surface area contributed by atoms with Crippen molar-refractivity contribution >= 4 is 29.2 Å². The number of hydrogen-bond acceptors (Lipinski definition) is 5. The van der Waals surface area contributed by atoms with Gasteiger partial charge in [0.25, 0.3) is 5.82 Å². The number of carbonyl (C=O) groups excluding carboxylic acids is 1. The first-order valence-corrected chi connectivity index (χ1v) is 9.69. The number of H-pyrrole nitrogens is 1. The van der Waals surface area contributed by atoms with Gasteiger partial charge >= 0.3 is 0 Å². The number of nitrogen functional groups attached to an aromatic ring is 1. The molecule has 4 N–H and O–H groups in total. The summed E-state index contributed by atoms with van der Waals surface area (Å²) in [4.78, 5) is 15.6. The Kier molecular flexibility index (Phi) is 6.13. The van der Waals surface area contributed by atoms with Crippen LogP contribution in [-0.2, 0) is 4.79 Å². The van der Waals surface area contributed by atoms with Gasteiger partial charge in [0.15, 0.2) is 5.03 Å². The number of nitrogens with one attached hydrogen (secondary N) is 2. The molecular weight excluding hydrogens is 382 g/mol. The van der Waals surface area contributed by atoms with Gasteiger partial charge in [0.05, 0.1) is 5.25 Å². The van der Waals surface area contributed by atoms with Gasteiger partial charge in [-0.05, 0) is 24.6 Å². The van der Waals surface area contributed by atoms with Crippen molar-refractivity contribution in [1.82, 2.24) is 0 Å². The molecule has 142 valence electrons. The fourth-order valence-electron chi connectivity index (χ4n) is 2.74. The van der Waals surface area contributed by atoms with Crippen LogP contribution in [0.15, 0.2) is 65.7 Å². The highest BCUT2D eigenvalue weighted by Crippen LogP contribution is 2.29. The minimum Gasteiger partial charge on any atom is -0.325 e. The lowest BCUT2D eigenvalue weighted by molar-refractivity contribution is -0.410. The molecule has 0 unspecified atom stereocenters. The Morgan fingerprint density at radius 1 is 1.07 bits per heavy atom. The first-order chi connectivity index (χ1) is 14.0. The fraction of sp³-hybridized carbons (Fsp3) is 0.0909. The summed E-state index contributed by atoms with van der Waals surface area (Å²) in [6, 6.07) is 22.8. The van der Waals surface area contributed by atoms with Crippen LogP contribution in [0.4, 0.5) is 11.5 Å². The number of carbonyl (C=O) groups is 1. The minimum atomic E-state index is -0.505. The van der Waals surface area contributed by atoms with Gasteiger partial charge in [-0.1, -0.05) is 60.3 Å². The van der Waals surface area contributed by atoms with Crippen LogP contribution in [0.1, 0.15) is 18.1 Å². The Bertz CT molecular complexity index is 1130. The van der Waals surface area contributed by atoms with Crippen molar-refractivity contribution in [2.24, 2.45) is 0 Å². The molecule has 0 aliphatic rings. The standard InChI is InChI=1S/C22H17N5OS/c1-14(29-22-17(13-24)11-16(12-23)20(25)27-22)21(28)26-19-10-6-5-9-18(19)15-7-3-2-4-8-15/h2-11,14H,1H3,(H2,25,27)(H,26,28)/p+1/t14-/m1/s1. The largest absolute Gasteiger partial charge is 0.325 e. The maximum atomic E-state index is 12.8. The highest BCUT2D eigenvalue weighted by Gasteiger charge is 2.22. The molecule has 6 nitrogen and oxygen atoms in total. The van der Waals surface area contributed by atoms with Crippen LogP contribution >= 0.6 is 11.8 Å². The monoisotopic (exact) mass is 400 g/mol. The van der Waals surface area contributed by atoms with Crippen LogP contribution < -0.4 is 16.0 Å². The van der Waals surface area contributed by atoms with E-state index < -0.39 is 5.25 Å². The van der Waals surface area contributed by atoms with Crippen LogP contribution in [0.5, 0.6) is 0 Å². The zero-order valence-electron chi connectivity index (χ0n) is 15.6. The number of para-hydroxylation sites is 1. The third kappa shape index (κ3) is 4.55. The second-order valence-electron chi connectivity index (χ2n) is 6.22. The minimum absolute atomic E-state index is 0.163. The average Bonchev–Trinajstić information content (AvgIpc) is 2.75. The number of anilines is 2. The van der Waals surface area contributed by atoms with Gasteiger partial charge in [-0.25, -0.2) is 4.98 Å². The first-order valence-electron chi connectivity index (χ1n) is 8.81. The number of aromatic amines is 1. The Labute approximate surface area is 173 Å². The van der Waals surface area contributed by atoms with Crippen LogP contribution in [0, 0.1) is 22.7 Å². The Morgan fingerprint density at radius 3 is 2.41 bits per heavy atom.